The molecule has 0 aromatic heterocycles. The molecule has 0 saturated carbocycles. The molecule has 2 fully saturated rings. The summed E-state index contributed by atoms with van der Waals surface area (Å²) in [4.78, 5) is 2.44. The zero-order chi connectivity index (χ0) is 11.9. The Kier molecular flexibility index (Phi) is 7.66. The van der Waals surface area contributed by atoms with E-state index in [1.165, 1.54) is 39.0 Å². The third kappa shape index (κ3) is 4.33. The predicted octanol–water partition coefficient (Wildman–Crippen LogP) is 2.91. The molecule has 1 unspecified atom stereocenters. The van der Waals surface area contributed by atoms with Gasteiger partial charge in [0.1, 0.15) is 0 Å². The first-order valence-corrected chi connectivity index (χ1v) is 6.73. The van der Waals surface area contributed by atoms with Gasteiger partial charge in [0.2, 0.25) is 0 Å². The van der Waals surface area contributed by atoms with Crippen LogP contribution in [0.4, 0.5) is 0 Å². The van der Waals surface area contributed by atoms with Gasteiger partial charge in [-0.15, -0.1) is 0 Å². The van der Waals surface area contributed by atoms with Crippen molar-refractivity contribution in [1.82, 2.24) is 9.21 Å². The maximum atomic E-state index is 4.39. The van der Waals surface area contributed by atoms with Crippen LogP contribution in [-0.4, -0.2) is 42.4 Å². The van der Waals surface area contributed by atoms with Gasteiger partial charge in [0, 0.05) is 19.6 Å². The lowest BCUT2D eigenvalue weighted by Crippen LogP contribution is -2.26. The molecule has 2 heterocycles. The molecule has 2 rings (SSSR count). The van der Waals surface area contributed by atoms with Crippen LogP contribution in [0, 0.1) is 5.41 Å². The number of rotatable bonds is 0. The Morgan fingerprint density at radius 2 is 1.47 bits per heavy atom. The lowest BCUT2D eigenvalue weighted by atomic mass is 9.87. The smallest absolute Gasteiger partial charge is 0.0157 e. The van der Waals surface area contributed by atoms with Gasteiger partial charge < -0.3 is 4.90 Å². The number of hydrogen-bond donors (Lipinski definition) is 1. The third-order valence-corrected chi connectivity index (χ3v) is 3.39. The van der Waals surface area contributed by atoms with E-state index in [2.05, 4.69) is 29.1 Å². The highest BCUT2D eigenvalue weighted by Crippen LogP contribution is 2.39. The third-order valence-electron chi connectivity index (χ3n) is 3.05. The molecule has 15 heavy (non-hydrogen) atoms. The summed E-state index contributed by atoms with van der Waals surface area (Å²) in [6.07, 6.45) is 2.72. The molecular weight excluding hydrogens is 204 g/mol. The molecule has 2 aliphatic heterocycles. The van der Waals surface area contributed by atoms with Crippen LogP contribution < -0.4 is 0 Å². The highest BCUT2D eigenvalue weighted by molar-refractivity contribution is 7.77. The van der Waals surface area contributed by atoms with Crippen molar-refractivity contribution in [2.75, 3.05) is 33.2 Å². The van der Waals surface area contributed by atoms with E-state index in [9.17, 15) is 0 Å². The fourth-order valence-electron chi connectivity index (χ4n) is 2.40. The molecule has 2 aliphatic rings. The average molecular weight is 232 g/mol. The fourth-order valence-corrected chi connectivity index (χ4v) is 2.80. The zero-order valence-corrected chi connectivity index (χ0v) is 12.0. The van der Waals surface area contributed by atoms with E-state index in [1.807, 2.05) is 27.7 Å². The Bertz CT molecular complexity index is 144. The standard InChI is InChI=1S/C8H16N2S.2C2H6/c1-9-4-2-8(6-9)3-5-10(11)7-8;2*1-2/h11H,2-7H2,1H3;2*1-2H3. The number of nitrogens with zero attached hydrogens (tertiary/aromatic N) is 2. The van der Waals surface area contributed by atoms with Crippen molar-refractivity contribution >= 4 is 12.8 Å². The van der Waals surface area contributed by atoms with E-state index in [-0.39, 0.29) is 0 Å². The molecule has 0 aromatic rings. The minimum absolute atomic E-state index is 0.608. The van der Waals surface area contributed by atoms with Gasteiger partial charge in [-0.1, -0.05) is 40.5 Å². The topological polar surface area (TPSA) is 6.48 Å². The van der Waals surface area contributed by atoms with Gasteiger partial charge in [0.05, 0.1) is 0 Å². The molecule has 0 radical (unpaired) electrons. The molecule has 0 aromatic carbocycles. The SMILES string of the molecule is CC.CC.CN1CCC2(CCN(S)C2)C1. The second-order valence-corrected chi connectivity index (χ2v) is 4.69. The van der Waals surface area contributed by atoms with Crippen molar-refractivity contribution in [3.05, 3.63) is 0 Å². The number of thiol groups is 1. The second-order valence-electron chi connectivity index (χ2n) is 4.13. The van der Waals surface area contributed by atoms with Crippen molar-refractivity contribution in [2.24, 2.45) is 5.41 Å². The van der Waals surface area contributed by atoms with Gasteiger partial charge in [0.25, 0.3) is 0 Å². The molecule has 1 atom stereocenters. The molecule has 0 N–H and O–H groups in total. The van der Waals surface area contributed by atoms with Crippen molar-refractivity contribution in [3.8, 4) is 0 Å². The highest BCUT2D eigenvalue weighted by Gasteiger charge is 2.41. The highest BCUT2D eigenvalue weighted by atomic mass is 32.1. The van der Waals surface area contributed by atoms with Crippen LogP contribution in [-0.2, 0) is 0 Å². The van der Waals surface area contributed by atoms with Crippen molar-refractivity contribution < 1.29 is 0 Å². The van der Waals surface area contributed by atoms with Gasteiger partial charge in [-0.3, -0.25) is 4.31 Å². The summed E-state index contributed by atoms with van der Waals surface area (Å²) >= 11 is 4.39. The summed E-state index contributed by atoms with van der Waals surface area (Å²) in [5.74, 6) is 0. The van der Waals surface area contributed by atoms with E-state index in [4.69, 9.17) is 0 Å². The molecule has 2 saturated heterocycles. The van der Waals surface area contributed by atoms with E-state index < -0.39 is 0 Å². The number of hydrogen-bond acceptors (Lipinski definition) is 3. The van der Waals surface area contributed by atoms with Crippen LogP contribution in [0.15, 0.2) is 0 Å². The zero-order valence-electron chi connectivity index (χ0n) is 11.1. The first-order valence-electron chi connectivity index (χ1n) is 6.33. The summed E-state index contributed by atoms with van der Waals surface area (Å²) in [5, 5.41) is 0. The first kappa shape index (κ1) is 15.3. The normalized spacial score (nSPS) is 30.8. The predicted molar refractivity (Wildman–Crippen MR) is 72.4 cm³/mol. The molecule has 0 aliphatic carbocycles. The summed E-state index contributed by atoms with van der Waals surface area (Å²) in [6, 6.07) is 0. The minimum Gasteiger partial charge on any atom is -0.306 e. The van der Waals surface area contributed by atoms with Gasteiger partial charge in [-0.05, 0) is 31.8 Å². The molecule has 0 bridgehead atoms. The molecule has 2 nitrogen and oxygen atoms in total. The summed E-state index contributed by atoms with van der Waals surface area (Å²) in [6.45, 7) is 12.9. The van der Waals surface area contributed by atoms with Crippen LogP contribution >= 0.6 is 12.8 Å². The van der Waals surface area contributed by atoms with E-state index in [1.54, 1.807) is 0 Å². The molecule has 0 amide bonds. The quantitative estimate of drug-likeness (QED) is 0.642. The largest absolute Gasteiger partial charge is 0.306 e. The molecular formula is C12H28N2S. The van der Waals surface area contributed by atoms with Gasteiger partial charge in [0.15, 0.2) is 0 Å². The first-order chi connectivity index (χ1) is 7.20. The van der Waals surface area contributed by atoms with Crippen molar-refractivity contribution in [3.63, 3.8) is 0 Å². The van der Waals surface area contributed by atoms with Crippen LogP contribution in [0.25, 0.3) is 0 Å². The molecule has 3 heteroatoms. The Morgan fingerprint density at radius 1 is 0.933 bits per heavy atom. The minimum atomic E-state index is 0.608. The summed E-state index contributed by atoms with van der Waals surface area (Å²) < 4.78 is 2.17. The second kappa shape index (κ2) is 7.53. The lowest BCUT2D eigenvalue weighted by Gasteiger charge is -2.21. The van der Waals surface area contributed by atoms with Gasteiger partial charge in [-0.2, -0.15) is 0 Å². The van der Waals surface area contributed by atoms with E-state index in [0.717, 1.165) is 0 Å². The van der Waals surface area contributed by atoms with Gasteiger partial charge >= 0.3 is 0 Å². The average Bonchev–Trinajstić information content (AvgIpc) is 2.81. The van der Waals surface area contributed by atoms with E-state index in [0.29, 0.717) is 5.41 Å². The maximum Gasteiger partial charge on any atom is 0.0157 e. The van der Waals surface area contributed by atoms with Gasteiger partial charge in [-0.25, -0.2) is 0 Å². The Morgan fingerprint density at radius 3 is 1.80 bits per heavy atom. The molecule has 1 spiro atoms. The Labute approximate surface area is 102 Å². The van der Waals surface area contributed by atoms with Crippen molar-refractivity contribution in [1.29, 1.82) is 0 Å². The monoisotopic (exact) mass is 232 g/mol. The Hall–Kier alpha value is 0.270. The Balaban J connectivity index is 0.000000442. The molecule has 92 valence electrons. The van der Waals surface area contributed by atoms with Crippen LogP contribution in [0.2, 0.25) is 0 Å². The van der Waals surface area contributed by atoms with Crippen LogP contribution in [0.3, 0.4) is 0 Å². The fraction of sp³-hybridized carbons (Fsp3) is 1.00. The van der Waals surface area contributed by atoms with Crippen LogP contribution in [0.1, 0.15) is 40.5 Å². The lowest BCUT2D eigenvalue weighted by molar-refractivity contribution is 0.299. The van der Waals surface area contributed by atoms with Crippen LogP contribution in [0.5, 0.6) is 0 Å². The summed E-state index contributed by atoms with van der Waals surface area (Å²) in [7, 11) is 2.22. The summed E-state index contributed by atoms with van der Waals surface area (Å²) in [5.41, 5.74) is 0.608. The van der Waals surface area contributed by atoms with E-state index >= 15 is 0 Å². The van der Waals surface area contributed by atoms with Crippen molar-refractivity contribution in [2.45, 2.75) is 40.5 Å². The number of likely N-dealkylation sites (tertiary alicyclic amines) is 1. The maximum absolute atomic E-state index is 4.39.